The molecule has 1 amide bonds. The molecule has 2 heterocycles. The minimum atomic E-state index is -0.265. The highest BCUT2D eigenvalue weighted by atomic mass is 16.5. The minimum Gasteiger partial charge on any atom is -0.384 e. The van der Waals surface area contributed by atoms with E-state index in [2.05, 4.69) is 20.8 Å². The van der Waals surface area contributed by atoms with Crippen molar-refractivity contribution in [1.29, 1.82) is 0 Å². The number of carbonyl (C=O) groups excluding carboxylic acids is 1. The lowest BCUT2D eigenvalue weighted by Crippen LogP contribution is -2.43. The quantitative estimate of drug-likeness (QED) is 0.831. The van der Waals surface area contributed by atoms with Gasteiger partial charge in [-0.05, 0) is 45.0 Å². The number of anilines is 1. The molecule has 134 valence electrons. The summed E-state index contributed by atoms with van der Waals surface area (Å²) in [6.07, 6.45) is 1.83. The number of ether oxygens (including phenoxy) is 1. The van der Waals surface area contributed by atoms with Gasteiger partial charge in [-0.1, -0.05) is 22.9 Å². The van der Waals surface area contributed by atoms with Crippen molar-refractivity contribution < 1.29 is 14.1 Å². The molecule has 0 bridgehead atoms. The number of carbonyl (C=O) groups is 1. The van der Waals surface area contributed by atoms with Crippen LogP contribution < -0.4 is 10.6 Å². The number of nitrogens with one attached hydrogen (secondary N) is 2. The number of aromatic nitrogens is 2. The third kappa shape index (κ3) is 4.24. The van der Waals surface area contributed by atoms with Gasteiger partial charge < -0.3 is 19.9 Å². The van der Waals surface area contributed by atoms with Crippen LogP contribution >= 0.6 is 0 Å². The molecule has 1 aromatic heterocycles. The van der Waals surface area contributed by atoms with E-state index in [-0.39, 0.29) is 17.7 Å². The largest absolute Gasteiger partial charge is 0.384 e. The highest BCUT2D eigenvalue weighted by molar-refractivity contribution is 5.91. The van der Waals surface area contributed by atoms with E-state index >= 15 is 0 Å². The number of amides is 1. The number of hydrogen-bond acceptors (Lipinski definition) is 6. The van der Waals surface area contributed by atoms with Crippen LogP contribution in [0.25, 0.3) is 0 Å². The molecule has 1 saturated heterocycles. The maximum absolute atomic E-state index is 12.2. The summed E-state index contributed by atoms with van der Waals surface area (Å²) in [6, 6.07) is 7.65. The third-order valence-electron chi connectivity index (χ3n) is 4.56. The lowest BCUT2D eigenvalue weighted by atomic mass is 9.79. The first-order chi connectivity index (χ1) is 12.1. The molecular formula is C18H24N4O3. The number of methoxy groups -OCH3 is 1. The van der Waals surface area contributed by atoms with Gasteiger partial charge in [0.05, 0.1) is 18.4 Å². The molecule has 0 aliphatic carbocycles. The predicted octanol–water partition coefficient (Wildman–Crippen LogP) is 1.83. The molecule has 1 aliphatic rings. The van der Waals surface area contributed by atoms with Crippen LogP contribution in [0.2, 0.25) is 0 Å². The van der Waals surface area contributed by atoms with E-state index in [0.29, 0.717) is 18.3 Å². The van der Waals surface area contributed by atoms with Gasteiger partial charge in [0.1, 0.15) is 0 Å². The molecule has 0 saturated carbocycles. The highest BCUT2D eigenvalue weighted by Crippen LogP contribution is 2.32. The van der Waals surface area contributed by atoms with Crippen molar-refractivity contribution in [2.75, 3.05) is 32.1 Å². The lowest BCUT2D eigenvalue weighted by Gasteiger charge is -2.33. The topological polar surface area (TPSA) is 89.3 Å². The summed E-state index contributed by atoms with van der Waals surface area (Å²) >= 11 is 0. The normalized spacial score (nSPS) is 16.6. The van der Waals surface area contributed by atoms with Crippen molar-refractivity contribution >= 4 is 11.6 Å². The van der Waals surface area contributed by atoms with Crippen LogP contribution in [-0.2, 0) is 21.4 Å². The first kappa shape index (κ1) is 17.6. The van der Waals surface area contributed by atoms with E-state index in [1.54, 1.807) is 7.11 Å². The second kappa shape index (κ2) is 7.76. The molecule has 0 unspecified atom stereocenters. The Hall–Kier alpha value is -2.25. The summed E-state index contributed by atoms with van der Waals surface area (Å²) in [4.78, 5) is 16.7. The molecule has 2 aromatic rings. The first-order valence-electron chi connectivity index (χ1n) is 8.50. The van der Waals surface area contributed by atoms with E-state index < -0.39 is 0 Å². The molecule has 2 N–H and O–H groups in total. The van der Waals surface area contributed by atoms with Crippen LogP contribution in [0.5, 0.6) is 0 Å². The molecule has 7 nitrogen and oxygen atoms in total. The summed E-state index contributed by atoms with van der Waals surface area (Å²) < 4.78 is 10.9. The van der Waals surface area contributed by atoms with E-state index in [4.69, 9.17) is 9.26 Å². The monoisotopic (exact) mass is 344 g/mol. The van der Waals surface area contributed by atoms with Gasteiger partial charge >= 0.3 is 0 Å². The molecule has 7 heteroatoms. The summed E-state index contributed by atoms with van der Waals surface area (Å²) in [5.41, 5.74) is 1.64. The van der Waals surface area contributed by atoms with Gasteiger partial charge in [-0.3, -0.25) is 4.79 Å². The van der Waals surface area contributed by atoms with Crippen LogP contribution in [0, 0.1) is 6.92 Å². The van der Waals surface area contributed by atoms with Gasteiger partial charge in [-0.2, -0.15) is 4.98 Å². The Labute approximate surface area is 147 Å². The van der Waals surface area contributed by atoms with Crippen molar-refractivity contribution in [1.82, 2.24) is 15.5 Å². The van der Waals surface area contributed by atoms with Gasteiger partial charge in [0, 0.05) is 12.8 Å². The van der Waals surface area contributed by atoms with Crippen LogP contribution in [0.3, 0.4) is 0 Å². The molecule has 1 aromatic carbocycles. The lowest BCUT2D eigenvalue weighted by molar-refractivity contribution is -0.115. The molecule has 3 rings (SSSR count). The number of benzene rings is 1. The Balaban J connectivity index is 1.66. The summed E-state index contributed by atoms with van der Waals surface area (Å²) in [7, 11) is 1.68. The van der Waals surface area contributed by atoms with Crippen molar-refractivity contribution in [3.05, 3.63) is 41.5 Å². The summed E-state index contributed by atoms with van der Waals surface area (Å²) in [6.45, 7) is 4.30. The minimum absolute atomic E-state index is 0.0820. The van der Waals surface area contributed by atoms with Crippen LogP contribution in [0.15, 0.2) is 28.8 Å². The Morgan fingerprint density at radius 3 is 2.72 bits per heavy atom. The maximum atomic E-state index is 12.2. The molecule has 25 heavy (non-hydrogen) atoms. The van der Waals surface area contributed by atoms with Crippen molar-refractivity contribution in [3.8, 4) is 0 Å². The molecule has 0 radical (unpaired) electrons. The number of piperidine rings is 1. The molecule has 0 spiro atoms. The van der Waals surface area contributed by atoms with E-state index in [9.17, 15) is 4.79 Å². The average molecular weight is 344 g/mol. The van der Waals surface area contributed by atoms with Gasteiger partial charge in [0.25, 0.3) is 0 Å². The second-order valence-electron chi connectivity index (χ2n) is 6.57. The first-order valence-corrected chi connectivity index (χ1v) is 8.50. The predicted molar refractivity (Wildman–Crippen MR) is 93.5 cm³/mol. The zero-order valence-electron chi connectivity index (χ0n) is 14.7. The SMILES string of the molecule is COCC1(c2nc(CC(=O)Nc3ccc(C)cc3)no2)CCNCC1. The van der Waals surface area contributed by atoms with Crippen molar-refractivity contribution in [2.45, 2.75) is 31.6 Å². The number of hydrogen-bond donors (Lipinski definition) is 2. The Morgan fingerprint density at radius 1 is 1.32 bits per heavy atom. The second-order valence-corrected chi connectivity index (χ2v) is 6.57. The molecule has 0 atom stereocenters. The standard InChI is InChI=1S/C18H24N4O3/c1-13-3-5-14(6-4-13)20-16(23)11-15-21-17(25-22-15)18(12-24-2)7-9-19-10-8-18/h3-6,19H,7-12H2,1-2H3,(H,20,23). The number of rotatable bonds is 6. The van der Waals surface area contributed by atoms with Gasteiger partial charge in [-0.15, -0.1) is 0 Å². The van der Waals surface area contributed by atoms with Gasteiger partial charge in [-0.25, -0.2) is 0 Å². The third-order valence-corrected chi connectivity index (χ3v) is 4.56. The molecular weight excluding hydrogens is 320 g/mol. The Kier molecular flexibility index (Phi) is 5.45. The number of aryl methyl sites for hydroxylation is 1. The molecule has 1 aliphatic heterocycles. The fraction of sp³-hybridized carbons (Fsp3) is 0.500. The Bertz CT molecular complexity index is 700. The van der Waals surface area contributed by atoms with Crippen LogP contribution in [0.1, 0.15) is 30.1 Å². The average Bonchev–Trinajstić information content (AvgIpc) is 3.07. The zero-order valence-corrected chi connectivity index (χ0v) is 14.7. The zero-order chi connectivity index (χ0) is 17.7. The van der Waals surface area contributed by atoms with E-state index in [1.807, 2.05) is 31.2 Å². The smallest absolute Gasteiger partial charge is 0.235 e. The molecule has 1 fully saturated rings. The fourth-order valence-electron chi connectivity index (χ4n) is 3.13. The van der Waals surface area contributed by atoms with Crippen molar-refractivity contribution in [2.24, 2.45) is 0 Å². The van der Waals surface area contributed by atoms with Crippen molar-refractivity contribution in [3.63, 3.8) is 0 Å². The van der Waals surface area contributed by atoms with Gasteiger partial charge in [0.15, 0.2) is 5.82 Å². The summed E-state index contributed by atoms with van der Waals surface area (Å²) in [5.74, 6) is 0.796. The van der Waals surface area contributed by atoms with Gasteiger partial charge in [0.2, 0.25) is 11.8 Å². The van der Waals surface area contributed by atoms with E-state index in [0.717, 1.165) is 37.2 Å². The van der Waals surface area contributed by atoms with Crippen LogP contribution in [0.4, 0.5) is 5.69 Å². The number of nitrogens with zero attached hydrogens (tertiary/aromatic N) is 2. The fourth-order valence-corrected chi connectivity index (χ4v) is 3.13. The Morgan fingerprint density at radius 2 is 2.04 bits per heavy atom. The van der Waals surface area contributed by atoms with Crippen LogP contribution in [-0.4, -0.2) is 42.9 Å². The highest BCUT2D eigenvalue weighted by Gasteiger charge is 2.39. The van der Waals surface area contributed by atoms with E-state index in [1.165, 1.54) is 0 Å². The summed E-state index contributed by atoms with van der Waals surface area (Å²) in [5, 5.41) is 10.2. The maximum Gasteiger partial charge on any atom is 0.235 e.